The smallest absolute Gasteiger partial charge is 0.339 e. The van der Waals surface area contributed by atoms with E-state index in [1.165, 1.54) is 10.4 Å². The fraction of sp³-hybridized carbons (Fsp3) is 0.227. The van der Waals surface area contributed by atoms with E-state index in [4.69, 9.17) is 4.74 Å². The molecule has 160 valence electrons. The molecule has 4 rings (SSSR count). The van der Waals surface area contributed by atoms with Crippen LogP contribution < -0.4 is 9.86 Å². The standard InChI is InChI=1S/C22H20N2O6S/c1-31(28,29)24-10-4-5-14-11-15(8-9-19(14)24)20(25)13-30-22(27)17-12-21(26)23-18-7-3-2-6-16(17)18/h2-3,6-9,11-12H,4-5,10,13H2,1H3,(H,23,26). The highest BCUT2D eigenvalue weighted by molar-refractivity contribution is 7.92. The number of ether oxygens (including phenoxy) is 1. The van der Waals surface area contributed by atoms with Crippen LogP contribution in [0.1, 0.15) is 32.7 Å². The first-order valence-electron chi connectivity index (χ1n) is 9.67. The van der Waals surface area contributed by atoms with Crippen molar-refractivity contribution in [2.24, 2.45) is 0 Å². The predicted octanol–water partition coefficient (Wildman–Crippen LogP) is 2.28. The second-order valence-corrected chi connectivity index (χ2v) is 9.28. The molecule has 0 fully saturated rings. The first-order chi connectivity index (χ1) is 14.7. The number of pyridine rings is 1. The minimum Gasteiger partial charge on any atom is -0.454 e. The molecule has 1 N–H and O–H groups in total. The highest BCUT2D eigenvalue weighted by Gasteiger charge is 2.25. The number of carbonyl (C=O) groups is 2. The first-order valence-corrected chi connectivity index (χ1v) is 11.5. The SMILES string of the molecule is CS(=O)(=O)N1CCCc2cc(C(=O)COC(=O)c3cc(=O)[nH]c4ccccc34)ccc21. The van der Waals surface area contributed by atoms with Gasteiger partial charge in [-0.15, -0.1) is 0 Å². The Hall–Kier alpha value is -3.46. The number of nitrogens with zero attached hydrogens (tertiary/aromatic N) is 1. The Labute approximate surface area is 178 Å². The lowest BCUT2D eigenvalue weighted by molar-refractivity contribution is 0.0476. The van der Waals surface area contributed by atoms with E-state index in [-0.39, 0.29) is 5.56 Å². The van der Waals surface area contributed by atoms with Crippen LogP contribution in [-0.4, -0.2) is 44.6 Å². The third-order valence-electron chi connectivity index (χ3n) is 5.18. The van der Waals surface area contributed by atoms with Crippen molar-refractivity contribution >= 4 is 38.4 Å². The summed E-state index contributed by atoms with van der Waals surface area (Å²) in [4.78, 5) is 39.6. The fourth-order valence-electron chi connectivity index (χ4n) is 3.75. The van der Waals surface area contributed by atoms with Crippen molar-refractivity contribution in [2.75, 3.05) is 23.7 Å². The number of aryl methyl sites for hydroxylation is 1. The average Bonchev–Trinajstić information content (AvgIpc) is 2.75. The van der Waals surface area contributed by atoms with Gasteiger partial charge in [-0.2, -0.15) is 0 Å². The van der Waals surface area contributed by atoms with Crippen LogP contribution in [0.2, 0.25) is 0 Å². The van der Waals surface area contributed by atoms with Crippen molar-refractivity contribution in [1.82, 2.24) is 4.98 Å². The zero-order valence-corrected chi connectivity index (χ0v) is 17.6. The van der Waals surface area contributed by atoms with Gasteiger partial charge in [0.2, 0.25) is 15.6 Å². The zero-order chi connectivity index (χ0) is 22.2. The van der Waals surface area contributed by atoms with Gasteiger partial charge in [-0.1, -0.05) is 18.2 Å². The molecule has 0 amide bonds. The van der Waals surface area contributed by atoms with E-state index in [0.29, 0.717) is 41.5 Å². The van der Waals surface area contributed by atoms with Gasteiger partial charge in [0.1, 0.15) is 0 Å². The van der Waals surface area contributed by atoms with E-state index in [1.807, 2.05) is 0 Å². The molecule has 0 spiro atoms. The number of H-pyrrole nitrogens is 1. The largest absolute Gasteiger partial charge is 0.454 e. The molecule has 0 saturated carbocycles. The van der Waals surface area contributed by atoms with Gasteiger partial charge in [-0.05, 0) is 42.7 Å². The van der Waals surface area contributed by atoms with Crippen molar-refractivity contribution in [2.45, 2.75) is 12.8 Å². The van der Waals surface area contributed by atoms with Gasteiger partial charge in [0.15, 0.2) is 12.4 Å². The number of esters is 1. The highest BCUT2D eigenvalue weighted by atomic mass is 32.2. The van der Waals surface area contributed by atoms with Crippen LogP contribution in [-0.2, 0) is 21.2 Å². The van der Waals surface area contributed by atoms with Crippen LogP contribution in [0.4, 0.5) is 5.69 Å². The number of anilines is 1. The van der Waals surface area contributed by atoms with E-state index < -0.39 is 33.9 Å². The number of Topliss-reactive ketones (excluding diaryl/α,β-unsaturated/α-hetero) is 1. The van der Waals surface area contributed by atoms with Gasteiger partial charge in [0.05, 0.1) is 17.5 Å². The van der Waals surface area contributed by atoms with Crippen LogP contribution in [0.3, 0.4) is 0 Å². The third kappa shape index (κ3) is 4.22. The number of benzene rings is 2. The summed E-state index contributed by atoms with van der Waals surface area (Å²) in [5, 5.41) is 0.522. The number of aromatic nitrogens is 1. The molecule has 8 nitrogen and oxygen atoms in total. The van der Waals surface area contributed by atoms with Gasteiger partial charge in [0, 0.05) is 29.1 Å². The van der Waals surface area contributed by atoms with Crippen LogP contribution in [0, 0.1) is 0 Å². The molecule has 0 radical (unpaired) electrons. The molecule has 31 heavy (non-hydrogen) atoms. The first kappa shape index (κ1) is 20.8. The van der Waals surface area contributed by atoms with Crippen molar-refractivity contribution in [1.29, 1.82) is 0 Å². The second-order valence-electron chi connectivity index (χ2n) is 7.37. The van der Waals surface area contributed by atoms with Gasteiger partial charge in [0.25, 0.3) is 0 Å². The van der Waals surface area contributed by atoms with Crippen LogP contribution in [0.5, 0.6) is 0 Å². The van der Waals surface area contributed by atoms with Crippen LogP contribution in [0.25, 0.3) is 10.9 Å². The molecule has 0 aliphatic carbocycles. The summed E-state index contributed by atoms with van der Waals surface area (Å²) in [6, 6.07) is 12.7. The molecule has 0 bridgehead atoms. The van der Waals surface area contributed by atoms with Gasteiger partial charge in [-0.25, -0.2) is 13.2 Å². The molecule has 0 unspecified atom stereocenters. The average molecular weight is 440 g/mol. The van der Waals surface area contributed by atoms with E-state index >= 15 is 0 Å². The predicted molar refractivity (Wildman–Crippen MR) is 116 cm³/mol. The van der Waals surface area contributed by atoms with Crippen LogP contribution >= 0.6 is 0 Å². The minimum absolute atomic E-state index is 0.0846. The molecule has 1 aliphatic rings. The molecule has 3 aromatic rings. The summed E-state index contributed by atoms with van der Waals surface area (Å²) in [7, 11) is -3.40. The Balaban J connectivity index is 1.52. The summed E-state index contributed by atoms with van der Waals surface area (Å²) >= 11 is 0. The number of nitrogens with one attached hydrogen (secondary N) is 1. The number of fused-ring (bicyclic) bond motifs is 2. The van der Waals surface area contributed by atoms with E-state index in [0.717, 1.165) is 17.9 Å². The summed E-state index contributed by atoms with van der Waals surface area (Å²) < 4.78 is 30.5. The normalized spacial score (nSPS) is 13.6. The number of rotatable bonds is 5. The lowest BCUT2D eigenvalue weighted by Crippen LogP contribution is -2.34. The Morgan fingerprint density at radius 2 is 1.90 bits per heavy atom. The molecule has 0 saturated heterocycles. The summed E-state index contributed by atoms with van der Waals surface area (Å²) in [5.41, 5.74) is 1.80. The molecule has 0 atom stereocenters. The van der Waals surface area contributed by atoms with E-state index in [1.54, 1.807) is 36.4 Å². The highest BCUT2D eigenvalue weighted by Crippen LogP contribution is 2.30. The van der Waals surface area contributed by atoms with Gasteiger partial charge in [-0.3, -0.25) is 13.9 Å². The molecular weight excluding hydrogens is 420 g/mol. The van der Waals surface area contributed by atoms with Crippen molar-refractivity contribution in [3.05, 3.63) is 75.6 Å². The number of hydrogen-bond acceptors (Lipinski definition) is 6. The number of ketones is 1. The molecule has 2 aromatic carbocycles. The monoisotopic (exact) mass is 440 g/mol. The molecular formula is C22H20N2O6S. The number of sulfonamides is 1. The van der Waals surface area contributed by atoms with Crippen molar-refractivity contribution in [3.8, 4) is 0 Å². The summed E-state index contributed by atoms with van der Waals surface area (Å²) in [6.45, 7) is -0.0879. The summed E-state index contributed by atoms with van der Waals surface area (Å²) in [6.07, 6.45) is 2.46. The Bertz CT molecular complexity index is 1360. The maximum absolute atomic E-state index is 12.6. The molecule has 1 aliphatic heterocycles. The molecule has 1 aromatic heterocycles. The van der Waals surface area contributed by atoms with Gasteiger partial charge < -0.3 is 9.72 Å². The quantitative estimate of drug-likeness (QED) is 0.481. The lowest BCUT2D eigenvalue weighted by atomic mass is 9.99. The number of carbonyl (C=O) groups excluding carboxylic acids is 2. The lowest BCUT2D eigenvalue weighted by Gasteiger charge is -2.29. The summed E-state index contributed by atoms with van der Waals surface area (Å²) in [5.74, 6) is -1.18. The maximum atomic E-state index is 12.6. The number of aromatic amines is 1. The number of hydrogen-bond donors (Lipinski definition) is 1. The number of para-hydroxylation sites is 1. The fourth-order valence-corrected chi connectivity index (χ4v) is 4.74. The topological polar surface area (TPSA) is 114 Å². The molecule has 9 heteroatoms. The third-order valence-corrected chi connectivity index (χ3v) is 6.36. The minimum atomic E-state index is -3.40. The Morgan fingerprint density at radius 3 is 2.68 bits per heavy atom. The van der Waals surface area contributed by atoms with Crippen LogP contribution in [0.15, 0.2) is 53.3 Å². The zero-order valence-electron chi connectivity index (χ0n) is 16.8. The molecule has 2 heterocycles. The van der Waals surface area contributed by atoms with Crippen molar-refractivity contribution < 1.29 is 22.7 Å². The van der Waals surface area contributed by atoms with E-state index in [2.05, 4.69) is 4.98 Å². The Morgan fingerprint density at radius 1 is 1.13 bits per heavy atom. The Kier molecular flexibility index (Phi) is 5.36. The van der Waals surface area contributed by atoms with Crippen molar-refractivity contribution in [3.63, 3.8) is 0 Å². The van der Waals surface area contributed by atoms with E-state index in [9.17, 15) is 22.8 Å². The maximum Gasteiger partial charge on any atom is 0.339 e. The second kappa shape index (κ2) is 7.99. The van der Waals surface area contributed by atoms with Gasteiger partial charge >= 0.3 is 5.97 Å².